The second kappa shape index (κ2) is 8.96. The lowest BCUT2D eigenvalue weighted by molar-refractivity contribution is -0.129. The summed E-state index contributed by atoms with van der Waals surface area (Å²) in [6.07, 6.45) is 6.32. The smallest absolute Gasteiger partial charge is 0.237 e. The van der Waals surface area contributed by atoms with E-state index in [4.69, 9.17) is 0 Å². The molecule has 3 N–H and O–H groups in total. The monoisotopic (exact) mass is 440 g/mol. The first kappa shape index (κ1) is 21.0. The highest BCUT2D eigenvalue weighted by Gasteiger charge is 2.44. The molecule has 1 aromatic carbocycles. The average molecular weight is 441 g/mol. The lowest BCUT2D eigenvalue weighted by Gasteiger charge is -2.43. The van der Waals surface area contributed by atoms with Crippen LogP contribution in [-0.2, 0) is 9.59 Å². The topological polar surface area (TPSA) is 73.5 Å². The van der Waals surface area contributed by atoms with Crippen LogP contribution in [0, 0.1) is 12.8 Å². The Bertz CT molecular complexity index is 882. The summed E-state index contributed by atoms with van der Waals surface area (Å²) in [6.45, 7) is 3.69. The molecule has 5 rings (SSSR count). The van der Waals surface area contributed by atoms with E-state index in [1.165, 1.54) is 29.5 Å². The molecule has 0 aromatic heterocycles. The third-order valence-electron chi connectivity index (χ3n) is 7.20. The molecule has 7 heteroatoms. The molecule has 0 radical (unpaired) electrons. The number of likely N-dealkylation sites (tertiary alicyclic amines) is 1. The number of thioether (sulfide) groups is 1. The molecule has 4 atom stereocenters. The van der Waals surface area contributed by atoms with Crippen LogP contribution in [0.2, 0.25) is 0 Å². The minimum Gasteiger partial charge on any atom is -0.353 e. The number of hydrogen-bond acceptors (Lipinski definition) is 5. The highest BCUT2D eigenvalue weighted by molar-refractivity contribution is 8.04. The number of piperidine rings is 1. The Hall–Kier alpha value is -1.83. The second-order valence-electron chi connectivity index (χ2n) is 9.32. The van der Waals surface area contributed by atoms with Crippen LogP contribution in [0.1, 0.15) is 49.7 Å². The van der Waals surface area contributed by atoms with Gasteiger partial charge in [-0.15, -0.1) is 11.8 Å². The molecule has 4 aliphatic rings. The third kappa shape index (κ3) is 4.28. The number of carbonyl (C=O) groups is 2. The summed E-state index contributed by atoms with van der Waals surface area (Å²) in [6, 6.07) is 8.70. The SMILES string of the molecule is Cc1ccccc1C1=CSC2C(=O)NC(N3CCCC(C(=O)NC4CCCC4)C3)NC12. The van der Waals surface area contributed by atoms with Crippen molar-refractivity contribution in [3.05, 3.63) is 40.8 Å². The van der Waals surface area contributed by atoms with Gasteiger partial charge in [-0.05, 0) is 54.7 Å². The minimum absolute atomic E-state index is 0.00453. The maximum atomic E-state index is 12.9. The molecule has 166 valence electrons. The van der Waals surface area contributed by atoms with E-state index in [1.807, 2.05) is 6.07 Å². The molecule has 3 aliphatic heterocycles. The van der Waals surface area contributed by atoms with Gasteiger partial charge in [0.2, 0.25) is 11.8 Å². The lowest BCUT2D eigenvalue weighted by atomic mass is 9.92. The lowest BCUT2D eigenvalue weighted by Crippen LogP contribution is -2.69. The van der Waals surface area contributed by atoms with Gasteiger partial charge in [0.1, 0.15) is 11.5 Å². The highest BCUT2D eigenvalue weighted by Crippen LogP contribution is 2.39. The third-order valence-corrected chi connectivity index (χ3v) is 8.37. The number of fused-ring (bicyclic) bond motifs is 1. The summed E-state index contributed by atoms with van der Waals surface area (Å²) >= 11 is 1.60. The van der Waals surface area contributed by atoms with Crippen LogP contribution in [0.15, 0.2) is 29.7 Å². The molecule has 0 bridgehead atoms. The molecule has 1 saturated carbocycles. The fraction of sp³-hybridized carbons (Fsp3) is 0.583. The zero-order valence-electron chi connectivity index (χ0n) is 18.1. The molecule has 2 amide bonds. The molecule has 31 heavy (non-hydrogen) atoms. The maximum Gasteiger partial charge on any atom is 0.237 e. The quantitative estimate of drug-likeness (QED) is 0.671. The Morgan fingerprint density at radius 2 is 1.97 bits per heavy atom. The second-order valence-corrected chi connectivity index (χ2v) is 10.3. The van der Waals surface area contributed by atoms with Crippen molar-refractivity contribution >= 4 is 29.1 Å². The molecule has 4 unspecified atom stereocenters. The first-order chi connectivity index (χ1) is 15.1. The molecule has 6 nitrogen and oxygen atoms in total. The number of nitrogens with zero attached hydrogens (tertiary/aromatic N) is 1. The average Bonchev–Trinajstić information content (AvgIpc) is 3.44. The van der Waals surface area contributed by atoms with E-state index in [1.54, 1.807) is 11.8 Å². The molecule has 3 fully saturated rings. The van der Waals surface area contributed by atoms with E-state index < -0.39 is 0 Å². The van der Waals surface area contributed by atoms with Crippen LogP contribution >= 0.6 is 11.8 Å². The Labute approximate surface area is 188 Å². The number of rotatable bonds is 4. The van der Waals surface area contributed by atoms with Crippen molar-refractivity contribution in [1.29, 1.82) is 0 Å². The molecule has 2 saturated heterocycles. The fourth-order valence-corrected chi connectivity index (χ4v) is 6.59. The van der Waals surface area contributed by atoms with Crippen LogP contribution in [0.5, 0.6) is 0 Å². The van der Waals surface area contributed by atoms with Gasteiger partial charge in [0.15, 0.2) is 0 Å². The predicted octanol–water partition coefficient (Wildman–Crippen LogP) is 2.59. The van der Waals surface area contributed by atoms with Crippen LogP contribution in [0.3, 0.4) is 0 Å². The Balaban J connectivity index is 1.27. The van der Waals surface area contributed by atoms with Crippen molar-refractivity contribution in [1.82, 2.24) is 20.9 Å². The van der Waals surface area contributed by atoms with Crippen molar-refractivity contribution in [2.75, 3.05) is 13.1 Å². The maximum absolute atomic E-state index is 12.9. The van der Waals surface area contributed by atoms with Crippen LogP contribution in [-0.4, -0.2) is 53.4 Å². The Morgan fingerprint density at radius 1 is 1.16 bits per heavy atom. The van der Waals surface area contributed by atoms with Crippen molar-refractivity contribution in [2.45, 2.75) is 69.1 Å². The molecule has 0 spiro atoms. The summed E-state index contributed by atoms with van der Waals surface area (Å²) in [7, 11) is 0. The largest absolute Gasteiger partial charge is 0.353 e. The van der Waals surface area contributed by atoms with Gasteiger partial charge in [0.05, 0.1) is 12.0 Å². The van der Waals surface area contributed by atoms with E-state index in [-0.39, 0.29) is 35.3 Å². The fourth-order valence-electron chi connectivity index (χ4n) is 5.45. The number of hydrogen-bond donors (Lipinski definition) is 3. The summed E-state index contributed by atoms with van der Waals surface area (Å²) < 4.78 is 0. The number of nitrogens with one attached hydrogen (secondary N) is 3. The van der Waals surface area contributed by atoms with Gasteiger partial charge >= 0.3 is 0 Å². The highest BCUT2D eigenvalue weighted by atomic mass is 32.2. The number of benzene rings is 1. The van der Waals surface area contributed by atoms with E-state index in [2.05, 4.69) is 51.4 Å². The number of amides is 2. The predicted molar refractivity (Wildman–Crippen MR) is 124 cm³/mol. The molecule has 1 aromatic rings. The minimum atomic E-state index is -0.234. The summed E-state index contributed by atoms with van der Waals surface area (Å²) in [4.78, 5) is 28.0. The van der Waals surface area contributed by atoms with Crippen LogP contribution in [0.25, 0.3) is 5.57 Å². The van der Waals surface area contributed by atoms with Gasteiger partial charge < -0.3 is 10.6 Å². The van der Waals surface area contributed by atoms with Gasteiger partial charge in [0.25, 0.3) is 0 Å². The van der Waals surface area contributed by atoms with Gasteiger partial charge in [-0.25, -0.2) is 0 Å². The van der Waals surface area contributed by atoms with Gasteiger partial charge in [-0.1, -0.05) is 37.1 Å². The first-order valence-corrected chi connectivity index (χ1v) is 12.6. The number of carbonyl (C=O) groups excluding carboxylic acids is 2. The zero-order chi connectivity index (χ0) is 21.4. The molecular weight excluding hydrogens is 408 g/mol. The van der Waals surface area contributed by atoms with Crippen LogP contribution in [0.4, 0.5) is 0 Å². The number of aryl methyl sites for hydroxylation is 1. The van der Waals surface area contributed by atoms with E-state index >= 15 is 0 Å². The van der Waals surface area contributed by atoms with E-state index in [0.29, 0.717) is 12.6 Å². The van der Waals surface area contributed by atoms with Crippen LogP contribution < -0.4 is 16.0 Å². The van der Waals surface area contributed by atoms with Gasteiger partial charge in [0, 0.05) is 19.1 Å². The molecule has 1 aliphatic carbocycles. The zero-order valence-corrected chi connectivity index (χ0v) is 18.9. The standard InChI is InChI=1S/C24H32N4O2S/c1-15-7-2-5-11-18(15)19-14-31-21-20(19)26-24(27-23(21)30)28-12-6-8-16(13-28)22(29)25-17-9-3-4-10-17/h2,5,7,11,14,16-17,20-21,24,26H,3-4,6,8-10,12-13H2,1H3,(H,25,29)(H,27,30). The van der Waals surface area contributed by atoms with Crippen molar-refractivity contribution < 1.29 is 9.59 Å². The summed E-state index contributed by atoms with van der Waals surface area (Å²) in [5.74, 6) is 0.264. The Kier molecular flexibility index (Phi) is 6.08. The molecule has 3 heterocycles. The Morgan fingerprint density at radius 3 is 2.77 bits per heavy atom. The van der Waals surface area contributed by atoms with Gasteiger partial charge in [-0.2, -0.15) is 0 Å². The van der Waals surface area contributed by atoms with Crippen molar-refractivity contribution in [3.8, 4) is 0 Å². The van der Waals surface area contributed by atoms with E-state index in [0.717, 1.165) is 32.2 Å². The first-order valence-electron chi connectivity index (χ1n) is 11.6. The normalized spacial score (nSPS) is 31.8. The summed E-state index contributed by atoms with van der Waals surface area (Å²) in [5, 5.41) is 12.1. The van der Waals surface area contributed by atoms with E-state index in [9.17, 15) is 9.59 Å². The molecular formula is C24H32N4O2S. The van der Waals surface area contributed by atoms with Gasteiger partial charge in [-0.3, -0.25) is 19.8 Å². The van der Waals surface area contributed by atoms with Crippen molar-refractivity contribution in [3.63, 3.8) is 0 Å². The summed E-state index contributed by atoms with van der Waals surface area (Å²) in [5.41, 5.74) is 3.62. The van der Waals surface area contributed by atoms with Crippen molar-refractivity contribution in [2.24, 2.45) is 5.92 Å².